The molecule has 3 N–H and O–H groups in total. The van der Waals surface area contributed by atoms with Gasteiger partial charge in [-0.2, -0.15) is 0 Å². The topological polar surface area (TPSA) is 69.8 Å². The van der Waals surface area contributed by atoms with Crippen LogP contribution in [-0.4, -0.2) is 15.9 Å². The molecule has 0 aliphatic rings. The number of imidazole rings is 1. The Bertz CT molecular complexity index is 1210. The van der Waals surface area contributed by atoms with Gasteiger partial charge in [0.15, 0.2) is 0 Å². The summed E-state index contributed by atoms with van der Waals surface area (Å²) in [5.74, 6) is -0.925. The lowest BCUT2D eigenvalue weighted by molar-refractivity contribution is 0.102. The van der Waals surface area contributed by atoms with Crippen LogP contribution in [-0.2, 0) is 0 Å². The summed E-state index contributed by atoms with van der Waals surface area (Å²) in [5.41, 5.74) is 1.76. The van der Waals surface area contributed by atoms with E-state index < -0.39 is 11.7 Å². The molecule has 0 aliphatic carbocycles. The summed E-state index contributed by atoms with van der Waals surface area (Å²) in [6.07, 6.45) is 0. The number of carbonyl (C=O) groups is 1. The third kappa shape index (κ3) is 4.22. The highest BCUT2D eigenvalue weighted by Gasteiger charge is 2.16. The predicted molar refractivity (Wildman–Crippen MR) is 118 cm³/mol. The maximum Gasteiger partial charge on any atom is 0.258 e. The van der Waals surface area contributed by atoms with Crippen LogP contribution in [0.3, 0.4) is 0 Å². The Hall–Kier alpha value is -2.61. The van der Waals surface area contributed by atoms with E-state index in [0.717, 1.165) is 4.47 Å². The van der Waals surface area contributed by atoms with Crippen molar-refractivity contribution in [3.63, 3.8) is 0 Å². The van der Waals surface area contributed by atoms with Crippen molar-refractivity contribution < 1.29 is 9.18 Å². The Balaban J connectivity index is 1.63. The number of halogens is 4. The van der Waals surface area contributed by atoms with Gasteiger partial charge in [0, 0.05) is 16.2 Å². The molecular formula is C20H12BrCl2FN4O. The van der Waals surface area contributed by atoms with Crippen molar-refractivity contribution in [2.24, 2.45) is 0 Å². The molecule has 0 spiro atoms. The van der Waals surface area contributed by atoms with E-state index in [4.69, 9.17) is 23.2 Å². The number of para-hydroxylation sites is 1. The van der Waals surface area contributed by atoms with E-state index in [1.807, 2.05) is 0 Å². The summed E-state index contributed by atoms with van der Waals surface area (Å²) in [4.78, 5) is 19.8. The maximum absolute atomic E-state index is 14.5. The Labute approximate surface area is 183 Å². The van der Waals surface area contributed by atoms with Crippen molar-refractivity contribution in [1.82, 2.24) is 9.97 Å². The first-order chi connectivity index (χ1) is 13.9. The van der Waals surface area contributed by atoms with E-state index in [9.17, 15) is 9.18 Å². The summed E-state index contributed by atoms with van der Waals surface area (Å²) < 4.78 is 15.4. The van der Waals surface area contributed by atoms with Crippen LogP contribution in [0, 0.1) is 5.82 Å². The predicted octanol–water partition coefficient (Wildman–Crippen LogP) is 6.77. The third-order valence-electron chi connectivity index (χ3n) is 4.12. The van der Waals surface area contributed by atoms with Gasteiger partial charge >= 0.3 is 0 Å². The lowest BCUT2D eigenvalue weighted by Gasteiger charge is -2.07. The van der Waals surface area contributed by atoms with Crippen LogP contribution in [0.15, 0.2) is 59.1 Å². The molecule has 4 rings (SSSR count). The van der Waals surface area contributed by atoms with Gasteiger partial charge in [0.05, 0.1) is 32.3 Å². The van der Waals surface area contributed by atoms with Gasteiger partial charge in [0.2, 0.25) is 5.95 Å². The number of aromatic amines is 1. The highest BCUT2D eigenvalue weighted by Crippen LogP contribution is 2.32. The van der Waals surface area contributed by atoms with Crippen LogP contribution in [0.4, 0.5) is 21.7 Å². The maximum atomic E-state index is 14.5. The molecule has 1 amide bonds. The molecule has 9 heteroatoms. The van der Waals surface area contributed by atoms with Crippen LogP contribution in [0.2, 0.25) is 10.0 Å². The highest BCUT2D eigenvalue weighted by atomic mass is 79.9. The van der Waals surface area contributed by atoms with Gasteiger partial charge in [0.1, 0.15) is 5.82 Å². The van der Waals surface area contributed by atoms with Crippen molar-refractivity contribution in [3.8, 4) is 0 Å². The second-order valence-electron chi connectivity index (χ2n) is 6.12. The van der Waals surface area contributed by atoms with Crippen molar-refractivity contribution in [3.05, 3.63) is 80.5 Å². The molecule has 0 atom stereocenters. The number of rotatable bonds is 4. The molecule has 0 fully saturated rings. The Kier molecular flexibility index (Phi) is 5.45. The van der Waals surface area contributed by atoms with Gasteiger partial charge in [-0.25, -0.2) is 9.37 Å². The molecule has 0 unspecified atom stereocenters. The molecule has 0 radical (unpaired) electrons. The van der Waals surface area contributed by atoms with Crippen molar-refractivity contribution >= 4 is 73.4 Å². The Morgan fingerprint density at radius 3 is 2.45 bits per heavy atom. The second-order valence-corrected chi connectivity index (χ2v) is 7.85. The van der Waals surface area contributed by atoms with Crippen LogP contribution in [0.1, 0.15) is 10.4 Å². The Morgan fingerprint density at radius 2 is 1.76 bits per heavy atom. The van der Waals surface area contributed by atoms with Gasteiger partial charge in [-0.15, -0.1) is 0 Å². The molecule has 0 saturated heterocycles. The number of H-pyrrole nitrogens is 1. The van der Waals surface area contributed by atoms with Crippen molar-refractivity contribution in [2.75, 3.05) is 10.6 Å². The molecule has 1 aromatic heterocycles. The van der Waals surface area contributed by atoms with E-state index in [-0.39, 0.29) is 5.56 Å². The SMILES string of the molecule is O=C(Nc1ccc(Br)cc1)c1cc2[nH]c(Nc3c(Cl)cccc3Cl)nc2cc1F. The zero-order valence-corrected chi connectivity index (χ0v) is 17.7. The number of carbonyl (C=O) groups excluding carboxylic acids is 1. The van der Waals surface area contributed by atoms with Crippen molar-refractivity contribution in [1.29, 1.82) is 0 Å². The summed E-state index contributed by atoms with van der Waals surface area (Å²) >= 11 is 15.6. The van der Waals surface area contributed by atoms with Gasteiger partial charge in [-0.3, -0.25) is 4.79 Å². The number of aromatic nitrogens is 2. The molecule has 146 valence electrons. The smallest absolute Gasteiger partial charge is 0.258 e. The zero-order valence-electron chi connectivity index (χ0n) is 14.6. The number of hydrogen-bond acceptors (Lipinski definition) is 3. The van der Waals surface area contributed by atoms with E-state index in [0.29, 0.717) is 38.4 Å². The van der Waals surface area contributed by atoms with Crippen LogP contribution >= 0.6 is 39.1 Å². The Morgan fingerprint density at radius 1 is 1.07 bits per heavy atom. The minimum atomic E-state index is -0.680. The van der Waals surface area contributed by atoms with Gasteiger partial charge < -0.3 is 15.6 Å². The fourth-order valence-electron chi connectivity index (χ4n) is 2.73. The molecule has 4 aromatic rings. The fraction of sp³-hybridized carbons (Fsp3) is 0. The fourth-order valence-corrected chi connectivity index (χ4v) is 3.49. The van der Waals surface area contributed by atoms with Gasteiger partial charge in [-0.1, -0.05) is 45.2 Å². The molecular weight excluding hydrogens is 482 g/mol. The number of nitrogens with one attached hydrogen (secondary N) is 3. The summed E-state index contributed by atoms with van der Waals surface area (Å²) in [7, 11) is 0. The number of nitrogens with zero attached hydrogens (tertiary/aromatic N) is 1. The molecule has 0 aliphatic heterocycles. The second kappa shape index (κ2) is 8.02. The molecule has 29 heavy (non-hydrogen) atoms. The molecule has 5 nitrogen and oxygen atoms in total. The number of benzene rings is 3. The minimum Gasteiger partial charge on any atom is -0.324 e. The number of amides is 1. The first kappa shape index (κ1) is 19.7. The number of fused-ring (bicyclic) bond motifs is 1. The average Bonchev–Trinajstić information content (AvgIpc) is 3.07. The van der Waals surface area contributed by atoms with E-state index in [1.54, 1.807) is 42.5 Å². The average molecular weight is 494 g/mol. The lowest BCUT2D eigenvalue weighted by Crippen LogP contribution is -2.13. The monoisotopic (exact) mass is 492 g/mol. The molecule has 0 saturated carbocycles. The largest absolute Gasteiger partial charge is 0.324 e. The quantitative estimate of drug-likeness (QED) is 0.294. The van der Waals surface area contributed by atoms with Crippen LogP contribution in [0.5, 0.6) is 0 Å². The van der Waals surface area contributed by atoms with E-state index in [2.05, 4.69) is 36.5 Å². The molecule has 1 heterocycles. The summed E-state index contributed by atoms with van der Waals surface area (Å²) in [6, 6.07) is 14.7. The highest BCUT2D eigenvalue weighted by molar-refractivity contribution is 9.10. The normalized spacial score (nSPS) is 10.9. The molecule has 3 aromatic carbocycles. The zero-order chi connectivity index (χ0) is 20.5. The summed E-state index contributed by atoms with van der Waals surface area (Å²) in [5, 5.41) is 6.48. The lowest BCUT2D eigenvalue weighted by atomic mass is 10.1. The summed E-state index contributed by atoms with van der Waals surface area (Å²) in [6.45, 7) is 0. The van der Waals surface area contributed by atoms with Crippen LogP contribution in [0.25, 0.3) is 11.0 Å². The number of anilines is 3. The van der Waals surface area contributed by atoms with Gasteiger partial charge in [0.25, 0.3) is 5.91 Å². The molecule has 0 bridgehead atoms. The first-order valence-electron chi connectivity index (χ1n) is 8.38. The third-order valence-corrected chi connectivity index (χ3v) is 5.28. The van der Waals surface area contributed by atoms with E-state index in [1.165, 1.54) is 12.1 Å². The van der Waals surface area contributed by atoms with Gasteiger partial charge in [-0.05, 0) is 42.5 Å². The standard InChI is InChI=1S/C20H12BrCl2FN4O/c21-10-4-6-11(7-5-10)25-19(29)12-8-16-17(9-15(12)24)27-20(26-16)28-18-13(22)2-1-3-14(18)23/h1-9H,(H,25,29)(H2,26,27,28). The van der Waals surface area contributed by atoms with E-state index >= 15 is 0 Å². The number of hydrogen-bond donors (Lipinski definition) is 3. The van der Waals surface area contributed by atoms with Crippen molar-refractivity contribution in [2.45, 2.75) is 0 Å². The first-order valence-corrected chi connectivity index (χ1v) is 9.93. The minimum absolute atomic E-state index is 0.105. The van der Waals surface area contributed by atoms with Crippen LogP contribution < -0.4 is 10.6 Å².